The third-order valence-electron chi connectivity index (χ3n) is 4.80. The minimum atomic E-state index is 0.302. The van der Waals surface area contributed by atoms with Gasteiger partial charge in [-0.2, -0.15) is 0 Å². The maximum absolute atomic E-state index is 5.84. The van der Waals surface area contributed by atoms with Gasteiger partial charge in [0.2, 0.25) is 5.90 Å². The number of aromatic nitrogens is 1. The molecule has 0 amide bonds. The second kappa shape index (κ2) is 10.1. The highest BCUT2D eigenvalue weighted by Crippen LogP contribution is 2.18. The van der Waals surface area contributed by atoms with Crippen molar-refractivity contribution < 1.29 is 14.0 Å². The molecule has 0 N–H and O–H groups in total. The molecule has 146 valence electrons. The zero-order chi connectivity index (χ0) is 18.9. The Bertz CT molecular complexity index is 721. The highest BCUT2D eigenvalue weighted by Gasteiger charge is 2.18. The standard InChI is InChI=1S/C22H30N2O3/c1-3-19-16-26-22(23-19)18-10-12-20(13-11-18)25-14-8-6-4-5-7-9-21-15-17(2)24-27-21/h10-13,15,19H,3-9,14,16H2,1-2H3. The summed E-state index contributed by atoms with van der Waals surface area (Å²) in [7, 11) is 0. The Morgan fingerprint density at radius 3 is 2.56 bits per heavy atom. The molecule has 1 aliphatic heterocycles. The minimum Gasteiger partial charge on any atom is -0.494 e. The number of nitrogens with zero attached hydrogens (tertiary/aromatic N) is 2. The molecule has 1 aliphatic rings. The van der Waals surface area contributed by atoms with E-state index in [9.17, 15) is 0 Å². The molecule has 5 heteroatoms. The van der Waals surface area contributed by atoms with Crippen molar-refractivity contribution in [3.63, 3.8) is 0 Å². The number of benzene rings is 1. The van der Waals surface area contributed by atoms with Crippen LogP contribution in [-0.4, -0.2) is 30.3 Å². The smallest absolute Gasteiger partial charge is 0.216 e. The van der Waals surface area contributed by atoms with E-state index in [-0.39, 0.29) is 0 Å². The van der Waals surface area contributed by atoms with Crippen LogP contribution in [0.4, 0.5) is 0 Å². The van der Waals surface area contributed by atoms with E-state index in [1.165, 1.54) is 19.3 Å². The van der Waals surface area contributed by atoms with Crippen molar-refractivity contribution in [2.45, 2.75) is 64.8 Å². The van der Waals surface area contributed by atoms with E-state index in [0.717, 1.165) is 61.0 Å². The van der Waals surface area contributed by atoms with Crippen molar-refractivity contribution in [3.8, 4) is 5.75 Å². The van der Waals surface area contributed by atoms with E-state index in [2.05, 4.69) is 17.1 Å². The first kappa shape index (κ1) is 19.5. The van der Waals surface area contributed by atoms with Crippen molar-refractivity contribution >= 4 is 5.90 Å². The lowest BCUT2D eigenvalue weighted by atomic mass is 10.1. The Balaban J connectivity index is 1.26. The molecule has 0 saturated heterocycles. The number of ether oxygens (including phenoxy) is 2. The zero-order valence-corrected chi connectivity index (χ0v) is 16.4. The molecule has 1 aromatic carbocycles. The quantitative estimate of drug-likeness (QED) is 0.516. The fourth-order valence-corrected chi connectivity index (χ4v) is 3.13. The summed E-state index contributed by atoms with van der Waals surface area (Å²) in [5, 5.41) is 3.91. The molecule has 0 aliphatic carbocycles. The number of unbranched alkanes of at least 4 members (excludes halogenated alkanes) is 4. The molecule has 0 radical (unpaired) electrons. The third-order valence-corrected chi connectivity index (χ3v) is 4.80. The fourth-order valence-electron chi connectivity index (χ4n) is 3.13. The van der Waals surface area contributed by atoms with Crippen LogP contribution >= 0.6 is 0 Å². The van der Waals surface area contributed by atoms with Crippen molar-refractivity contribution in [2.24, 2.45) is 4.99 Å². The minimum absolute atomic E-state index is 0.302. The Morgan fingerprint density at radius 1 is 1.07 bits per heavy atom. The molecule has 0 spiro atoms. The molecule has 0 saturated carbocycles. The number of aryl methyl sites for hydroxylation is 2. The first-order chi connectivity index (χ1) is 13.2. The SMILES string of the molecule is CCC1COC(c2ccc(OCCCCCCCc3cc(C)no3)cc2)=N1. The molecule has 1 unspecified atom stereocenters. The van der Waals surface area contributed by atoms with E-state index in [1.807, 2.05) is 37.3 Å². The van der Waals surface area contributed by atoms with Crippen LogP contribution in [0.5, 0.6) is 5.75 Å². The van der Waals surface area contributed by atoms with Crippen LogP contribution in [0.2, 0.25) is 0 Å². The van der Waals surface area contributed by atoms with Crippen LogP contribution < -0.4 is 4.74 Å². The van der Waals surface area contributed by atoms with Gasteiger partial charge < -0.3 is 14.0 Å². The molecule has 1 atom stereocenters. The monoisotopic (exact) mass is 370 g/mol. The summed E-state index contributed by atoms with van der Waals surface area (Å²) in [4.78, 5) is 4.58. The Kier molecular flexibility index (Phi) is 7.31. The lowest BCUT2D eigenvalue weighted by Crippen LogP contribution is -2.04. The molecular weight excluding hydrogens is 340 g/mol. The molecule has 0 bridgehead atoms. The van der Waals surface area contributed by atoms with Crippen LogP contribution in [0.15, 0.2) is 39.8 Å². The summed E-state index contributed by atoms with van der Waals surface area (Å²) >= 11 is 0. The molecule has 5 nitrogen and oxygen atoms in total. The van der Waals surface area contributed by atoms with E-state index < -0.39 is 0 Å². The van der Waals surface area contributed by atoms with Gasteiger partial charge in [0.05, 0.1) is 18.3 Å². The van der Waals surface area contributed by atoms with Gasteiger partial charge >= 0.3 is 0 Å². The largest absolute Gasteiger partial charge is 0.494 e. The summed E-state index contributed by atoms with van der Waals surface area (Å²) in [5.41, 5.74) is 1.99. The second-order valence-corrected chi connectivity index (χ2v) is 7.13. The van der Waals surface area contributed by atoms with Gasteiger partial charge in [0.1, 0.15) is 18.1 Å². The number of hydrogen-bond donors (Lipinski definition) is 0. The van der Waals surface area contributed by atoms with Gasteiger partial charge in [-0.15, -0.1) is 0 Å². The maximum atomic E-state index is 5.84. The van der Waals surface area contributed by atoms with Crippen molar-refractivity contribution in [1.82, 2.24) is 5.16 Å². The average molecular weight is 370 g/mol. The molecule has 3 rings (SSSR count). The molecular formula is C22H30N2O3. The summed E-state index contributed by atoms with van der Waals surface area (Å²) in [6.07, 6.45) is 7.87. The summed E-state index contributed by atoms with van der Waals surface area (Å²) < 4.78 is 16.7. The van der Waals surface area contributed by atoms with Crippen molar-refractivity contribution in [3.05, 3.63) is 47.3 Å². The molecule has 1 aromatic heterocycles. The Labute approximate surface area is 161 Å². The fraction of sp³-hybridized carbons (Fsp3) is 0.545. The van der Waals surface area contributed by atoms with Crippen LogP contribution in [-0.2, 0) is 11.2 Å². The zero-order valence-electron chi connectivity index (χ0n) is 16.4. The number of rotatable bonds is 11. The van der Waals surface area contributed by atoms with Crippen LogP contribution in [0.3, 0.4) is 0 Å². The Morgan fingerprint density at radius 2 is 1.85 bits per heavy atom. The van der Waals surface area contributed by atoms with E-state index in [1.54, 1.807) is 0 Å². The predicted molar refractivity (Wildman–Crippen MR) is 107 cm³/mol. The van der Waals surface area contributed by atoms with E-state index >= 15 is 0 Å². The molecule has 2 heterocycles. The predicted octanol–water partition coefficient (Wildman–Crippen LogP) is 5.11. The van der Waals surface area contributed by atoms with E-state index in [0.29, 0.717) is 12.6 Å². The second-order valence-electron chi connectivity index (χ2n) is 7.13. The lowest BCUT2D eigenvalue weighted by Gasteiger charge is -2.07. The molecule has 0 fully saturated rings. The maximum Gasteiger partial charge on any atom is 0.216 e. The van der Waals surface area contributed by atoms with Crippen LogP contribution in [0, 0.1) is 6.92 Å². The topological polar surface area (TPSA) is 56.9 Å². The van der Waals surface area contributed by atoms with Crippen molar-refractivity contribution in [2.75, 3.05) is 13.2 Å². The van der Waals surface area contributed by atoms with E-state index in [4.69, 9.17) is 14.0 Å². The van der Waals surface area contributed by atoms with Crippen molar-refractivity contribution in [1.29, 1.82) is 0 Å². The summed E-state index contributed by atoms with van der Waals surface area (Å²) in [6, 6.07) is 10.4. The van der Waals surface area contributed by atoms with Gasteiger partial charge in [0.25, 0.3) is 0 Å². The van der Waals surface area contributed by atoms with Gasteiger partial charge in [-0.1, -0.05) is 31.3 Å². The highest BCUT2D eigenvalue weighted by atomic mass is 16.5. The van der Waals surface area contributed by atoms with Crippen LogP contribution in [0.25, 0.3) is 0 Å². The summed E-state index contributed by atoms with van der Waals surface area (Å²) in [5.74, 6) is 2.66. The van der Waals surface area contributed by atoms with Gasteiger partial charge in [0, 0.05) is 18.1 Å². The molecule has 27 heavy (non-hydrogen) atoms. The first-order valence-electron chi connectivity index (χ1n) is 10.1. The first-order valence-corrected chi connectivity index (χ1v) is 10.1. The van der Waals surface area contributed by atoms with Crippen LogP contribution in [0.1, 0.15) is 62.5 Å². The normalized spacial score (nSPS) is 16.2. The number of hydrogen-bond acceptors (Lipinski definition) is 5. The summed E-state index contributed by atoms with van der Waals surface area (Å²) in [6.45, 7) is 5.55. The lowest BCUT2D eigenvalue weighted by molar-refractivity contribution is 0.304. The van der Waals surface area contributed by atoms with Gasteiger partial charge in [0.15, 0.2) is 0 Å². The van der Waals surface area contributed by atoms with Gasteiger partial charge in [-0.3, -0.25) is 0 Å². The third kappa shape index (κ3) is 6.12. The van der Waals surface area contributed by atoms with Gasteiger partial charge in [-0.25, -0.2) is 4.99 Å². The highest BCUT2D eigenvalue weighted by molar-refractivity contribution is 5.95. The Hall–Kier alpha value is -2.30. The van der Waals surface area contributed by atoms with Gasteiger partial charge in [-0.05, 0) is 50.5 Å². The molecule has 2 aromatic rings. The average Bonchev–Trinajstić information content (AvgIpc) is 3.33. The number of aliphatic imine (C=N–C) groups is 1.